The van der Waals surface area contributed by atoms with Gasteiger partial charge in [0.25, 0.3) is 0 Å². The summed E-state index contributed by atoms with van der Waals surface area (Å²) in [7, 11) is 0. The number of rotatable bonds is 1. The van der Waals surface area contributed by atoms with Gasteiger partial charge in [-0.2, -0.15) is 0 Å². The van der Waals surface area contributed by atoms with Gasteiger partial charge >= 0.3 is 0 Å². The molecule has 0 saturated carbocycles. The second kappa shape index (κ2) is 4.11. The Kier molecular flexibility index (Phi) is 2.85. The van der Waals surface area contributed by atoms with Gasteiger partial charge in [0.2, 0.25) is 0 Å². The molecule has 3 N–H and O–H groups in total. The Labute approximate surface area is 85.5 Å². The Balaban J connectivity index is 2.20. The number of nitrogens with two attached hydrogens (primary N) is 1. The minimum atomic E-state index is 0.269. The van der Waals surface area contributed by atoms with Gasteiger partial charge in [-0.1, -0.05) is 29.8 Å². The molecule has 2 atom stereocenters. The number of piperidine rings is 1. The zero-order chi connectivity index (χ0) is 9.97. The Morgan fingerprint density at radius 1 is 1.43 bits per heavy atom. The van der Waals surface area contributed by atoms with E-state index in [1.54, 1.807) is 0 Å². The van der Waals surface area contributed by atoms with Gasteiger partial charge in [0.1, 0.15) is 0 Å². The maximum atomic E-state index is 6.10. The molecule has 0 radical (unpaired) electrons. The van der Waals surface area contributed by atoms with Gasteiger partial charge < -0.3 is 11.1 Å². The molecule has 0 aromatic heterocycles. The number of benzene rings is 1. The van der Waals surface area contributed by atoms with Crippen molar-refractivity contribution in [1.82, 2.24) is 5.32 Å². The number of nitrogens with one attached hydrogen (secondary N) is 1. The molecule has 2 nitrogen and oxygen atoms in total. The fourth-order valence-corrected chi connectivity index (χ4v) is 2.20. The lowest BCUT2D eigenvalue weighted by Gasteiger charge is -2.29. The van der Waals surface area contributed by atoms with Gasteiger partial charge in [-0.05, 0) is 25.5 Å². The average molecular weight is 190 g/mol. The fraction of sp³-hybridized carbons (Fsp3) is 0.500. The van der Waals surface area contributed by atoms with Crippen LogP contribution in [0.1, 0.15) is 23.5 Å². The number of hydrogen-bond donors (Lipinski definition) is 2. The molecule has 1 heterocycles. The topological polar surface area (TPSA) is 38.0 Å². The van der Waals surface area contributed by atoms with Crippen LogP contribution in [-0.2, 0) is 0 Å². The molecule has 1 aliphatic heterocycles. The summed E-state index contributed by atoms with van der Waals surface area (Å²) in [6.07, 6.45) is 1.16. The third-order valence-corrected chi connectivity index (χ3v) is 3.00. The van der Waals surface area contributed by atoms with E-state index < -0.39 is 0 Å². The van der Waals surface area contributed by atoms with Crippen LogP contribution >= 0.6 is 0 Å². The molecule has 2 heteroatoms. The van der Waals surface area contributed by atoms with Crippen LogP contribution in [0, 0.1) is 6.92 Å². The van der Waals surface area contributed by atoms with Crippen LogP contribution in [-0.4, -0.2) is 19.1 Å². The standard InChI is InChI=1S/C12H18N2/c1-9-3-2-4-10(7-9)11-5-6-14-8-12(11)13/h2-4,7,11-12,14H,5-6,8,13H2,1H3. The maximum absolute atomic E-state index is 6.10. The van der Waals surface area contributed by atoms with Crippen molar-refractivity contribution < 1.29 is 0 Å². The van der Waals surface area contributed by atoms with Crippen molar-refractivity contribution >= 4 is 0 Å². The molecular formula is C12H18N2. The van der Waals surface area contributed by atoms with Crippen molar-refractivity contribution in [1.29, 1.82) is 0 Å². The lowest BCUT2D eigenvalue weighted by atomic mass is 9.86. The van der Waals surface area contributed by atoms with Crippen molar-refractivity contribution in [3.8, 4) is 0 Å². The largest absolute Gasteiger partial charge is 0.326 e. The first-order chi connectivity index (χ1) is 6.77. The van der Waals surface area contributed by atoms with Crippen LogP contribution in [0.3, 0.4) is 0 Å². The molecule has 0 bridgehead atoms. The SMILES string of the molecule is Cc1cccc(C2CCNCC2N)c1. The van der Waals surface area contributed by atoms with E-state index >= 15 is 0 Å². The van der Waals surface area contributed by atoms with Gasteiger partial charge in [0, 0.05) is 18.5 Å². The first-order valence-corrected chi connectivity index (χ1v) is 5.30. The Morgan fingerprint density at radius 3 is 3.00 bits per heavy atom. The minimum absolute atomic E-state index is 0.269. The highest BCUT2D eigenvalue weighted by atomic mass is 14.9. The molecule has 1 aromatic rings. The average Bonchev–Trinajstić information content (AvgIpc) is 2.18. The van der Waals surface area contributed by atoms with Crippen LogP contribution in [0.15, 0.2) is 24.3 Å². The third-order valence-electron chi connectivity index (χ3n) is 3.00. The summed E-state index contributed by atoms with van der Waals surface area (Å²) in [6.45, 7) is 4.17. The van der Waals surface area contributed by atoms with Crippen LogP contribution in [0.2, 0.25) is 0 Å². The Morgan fingerprint density at radius 2 is 2.29 bits per heavy atom. The van der Waals surface area contributed by atoms with Gasteiger partial charge in [-0.15, -0.1) is 0 Å². The van der Waals surface area contributed by atoms with Gasteiger partial charge in [-0.25, -0.2) is 0 Å². The first-order valence-electron chi connectivity index (χ1n) is 5.30. The highest BCUT2D eigenvalue weighted by Crippen LogP contribution is 2.24. The summed E-state index contributed by atoms with van der Waals surface area (Å²) in [5, 5.41) is 3.32. The van der Waals surface area contributed by atoms with E-state index in [0.29, 0.717) is 5.92 Å². The minimum Gasteiger partial charge on any atom is -0.326 e. The first kappa shape index (κ1) is 9.69. The van der Waals surface area contributed by atoms with Crippen molar-refractivity contribution in [2.45, 2.75) is 25.3 Å². The molecule has 76 valence electrons. The van der Waals surface area contributed by atoms with E-state index in [2.05, 4.69) is 36.5 Å². The van der Waals surface area contributed by atoms with Crippen LogP contribution in [0.25, 0.3) is 0 Å². The predicted octanol–water partition coefficient (Wildman–Crippen LogP) is 1.40. The fourth-order valence-electron chi connectivity index (χ4n) is 2.20. The lowest BCUT2D eigenvalue weighted by molar-refractivity contribution is 0.403. The molecular weight excluding hydrogens is 172 g/mol. The molecule has 2 rings (SSSR count). The molecule has 1 fully saturated rings. The van der Waals surface area contributed by atoms with Crippen LogP contribution in [0.5, 0.6) is 0 Å². The number of aryl methyl sites for hydroxylation is 1. The molecule has 2 unspecified atom stereocenters. The highest BCUT2D eigenvalue weighted by Gasteiger charge is 2.22. The quantitative estimate of drug-likeness (QED) is 0.702. The van der Waals surface area contributed by atoms with E-state index in [0.717, 1.165) is 19.5 Å². The summed E-state index contributed by atoms with van der Waals surface area (Å²) in [5.74, 6) is 0.538. The maximum Gasteiger partial charge on any atom is 0.0235 e. The molecule has 1 aliphatic rings. The van der Waals surface area contributed by atoms with Crippen molar-refractivity contribution in [3.05, 3.63) is 35.4 Å². The van der Waals surface area contributed by atoms with Crippen molar-refractivity contribution in [2.24, 2.45) is 5.73 Å². The summed E-state index contributed by atoms with van der Waals surface area (Å²) < 4.78 is 0. The van der Waals surface area contributed by atoms with E-state index in [1.807, 2.05) is 0 Å². The predicted molar refractivity (Wildman–Crippen MR) is 59.4 cm³/mol. The summed E-state index contributed by atoms with van der Waals surface area (Å²) in [6, 6.07) is 8.99. The second-order valence-corrected chi connectivity index (χ2v) is 4.18. The summed E-state index contributed by atoms with van der Waals surface area (Å²) in [5.41, 5.74) is 8.83. The van der Waals surface area contributed by atoms with E-state index in [1.165, 1.54) is 11.1 Å². The van der Waals surface area contributed by atoms with E-state index in [-0.39, 0.29) is 6.04 Å². The van der Waals surface area contributed by atoms with E-state index in [9.17, 15) is 0 Å². The molecule has 0 amide bonds. The lowest BCUT2D eigenvalue weighted by Crippen LogP contribution is -2.44. The van der Waals surface area contributed by atoms with Crippen LogP contribution in [0.4, 0.5) is 0 Å². The van der Waals surface area contributed by atoms with Crippen molar-refractivity contribution in [2.75, 3.05) is 13.1 Å². The Bertz CT molecular complexity index is 309. The third kappa shape index (κ3) is 1.97. The number of hydrogen-bond acceptors (Lipinski definition) is 2. The van der Waals surface area contributed by atoms with Gasteiger partial charge in [0.15, 0.2) is 0 Å². The van der Waals surface area contributed by atoms with Crippen molar-refractivity contribution in [3.63, 3.8) is 0 Å². The summed E-state index contributed by atoms with van der Waals surface area (Å²) >= 11 is 0. The zero-order valence-corrected chi connectivity index (χ0v) is 8.66. The monoisotopic (exact) mass is 190 g/mol. The molecule has 1 aromatic carbocycles. The second-order valence-electron chi connectivity index (χ2n) is 4.18. The Hall–Kier alpha value is -0.860. The smallest absolute Gasteiger partial charge is 0.0235 e. The summed E-state index contributed by atoms with van der Waals surface area (Å²) in [4.78, 5) is 0. The van der Waals surface area contributed by atoms with Gasteiger partial charge in [0.05, 0.1) is 0 Å². The highest BCUT2D eigenvalue weighted by molar-refractivity contribution is 5.27. The molecule has 1 saturated heterocycles. The van der Waals surface area contributed by atoms with Gasteiger partial charge in [-0.3, -0.25) is 0 Å². The normalized spacial score (nSPS) is 27.6. The van der Waals surface area contributed by atoms with E-state index in [4.69, 9.17) is 5.73 Å². The molecule has 0 aliphatic carbocycles. The zero-order valence-electron chi connectivity index (χ0n) is 8.66. The molecule has 0 spiro atoms. The van der Waals surface area contributed by atoms with Crippen LogP contribution < -0.4 is 11.1 Å². The molecule has 14 heavy (non-hydrogen) atoms.